The average molecular weight is 249 g/mol. The van der Waals surface area contributed by atoms with Gasteiger partial charge in [-0.2, -0.15) is 0 Å². The van der Waals surface area contributed by atoms with Gasteiger partial charge < -0.3 is 5.21 Å². The molecule has 1 aromatic rings. The van der Waals surface area contributed by atoms with Crippen LogP contribution in [0.15, 0.2) is 24.3 Å². The smallest absolute Gasteiger partial charge is 0.0468 e. The second-order valence-electron chi connectivity index (χ2n) is 1.93. The number of benzene rings is 1. The third-order valence-electron chi connectivity index (χ3n) is 1.23. The van der Waals surface area contributed by atoms with Crippen LogP contribution >= 0.6 is 22.6 Å². The molecule has 2 N–H and O–H groups in total. The summed E-state index contributed by atoms with van der Waals surface area (Å²) in [5.74, 6) is 0. The summed E-state index contributed by atoms with van der Waals surface area (Å²) in [6, 6.07) is 7.91. The van der Waals surface area contributed by atoms with Crippen molar-refractivity contribution in [1.82, 2.24) is 5.48 Å². The molecule has 0 fully saturated rings. The van der Waals surface area contributed by atoms with Crippen molar-refractivity contribution in [3.8, 4) is 0 Å². The Morgan fingerprint density at radius 1 is 1.40 bits per heavy atom. The maximum Gasteiger partial charge on any atom is 0.0468 e. The van der Waals surface area contributed by atoms with Crippen molar-refractivity contribution in [3.05, 3.63) is 33.4 Å². The fourth-order valence-corrected chi connectivity index (χ4v) is 1.31. The number of hydroxylamine groups is 1. The number of halogens is 1. The van der Waals surface area contributed by atoms with Crippen LogP contribution in [0.4, 0.5) is 0 Å². The van der Waals surface area contributed by atoms with E-state index in [9.17, 15) is 0 Å². The molecular formula is C7H8INO. The molecule has 0 atom stereocenters. The first-order valence-electron chi connectivity index (χ1n) is 2.95. The van der Waals surface area contributed by atoms with Crippen molar-refractivity contribution >= 4 is 22.6 Å². The van der Waals surface area contributed by atoms with Gasteiger partial charge in [0.05, 0.1) is 0 Å². The number of nitrogens with one attached hydrogen (secondary N) is 1. The number of hydrogen-bond donors (Lipinski definition) is 2. The Kier molecular flexibility index (Phi) is 3.11. The van der Waals surface area contributed by atoms with E-state index >= 15 is 0 Å². The van der Waals surface area contributed by atoms with Crippen LogP contribution in [-0.2, 0) is 6.54 Å². The normalized spacial score (nSPS) is 9.80. The average Bonchev–Trinajstić information content (AvgIpc) is 1.94. The SMILES string of the molecule is ONCc1ccccc1I. The lowest BCUT2D eigenvalue weighted by molar-refractivity contribution is 0.161. The zero-order valence-electron chi connectivity index (χ0n) is 5.34. The van der Waals surface area contributed by atoms with Crippen molar-refractivity contribution in [2.24, 2.45) is 0 Å². The molecule has 54 valence electrons. The number of hydrogen-bond acceptors (Lipinski definition) is 2. The van der Waals surface area contributed by atoms with Gasteiger partial charge in [-0.1, -0.05) is 18.2 Å². The van der Waals surface area contributed by atoms with Gasteiger partial charge >= 0.3 is 0 Å². The molecule has 10 heavy (non-hydrogen) atoms. The molecule has 0 saturated heterocycles. The molecule has 0 spiro atoms. The highest BCUT2D eigenvalue weighted by Crippen LogP contribution is 2.10. The third-order valence-corrected chi connectivity index (χ3v) is 2.28. The fraction of sp³-hybridized carbons (Fsp3) is 0.143. The summed E-state index contributed by atoms with van der Waals surface area (Å²) in [7, 11) is 0. The van der Waals surface area contributed by atoms with Gasteiger partial charge in [-0.05, 0) is 34.2 Å². The molecule has 0 saturated carbocycles. The molecule has 0 aliphatic carbocycles. The van der Waals surface area contributed by atoms with E-state index in [1.807, 2.05) is 24.3 Å². The Labute approximate surface area is 73.4 Å². The molecule has 0 aromatic heterocycles. The maximum atomic E-state index is 8.39. The first-order chi connectivity index (χ1) is 4.84. The zero-order valence-corrected chi connectivity index (χ0v) is 7.50. The predicted octanol–water partition coefficient (Wildman–Crippen LogP) is 1.77. The lowest BCUT2D eigenvalue weighted by Gasteiger charge is -2.00. The summed E-state index contributed by atoms with van der Waals surface area (Å²) >= 11 is 2.23. The van der Waals surface area contributed by atoms with Crippen molar-refractivity contribution in [3.63, 3.8) is 0 Å². The summed E-state index contributed by atoms with van der Waals surface area (Å²) in [5, 5.41) is 8.39. The molecule has 0 unspecified atom stereocenters. The zero-order chi connectivity index (χ0) is 7.40. The van der Waals surface area contributed by atoms with E-state index in [0.29, 0.717) is 6.54 Å². The topological polar surface area (TPSA) is 32.3 Å². The Bertz CT molecular complexity index is 215. The summed E-state index contributed by atoms with van der Waals surface area (Å²) in [6.07, 6.45) is 0. The first-order valence-corrected chi connectivity index (χ1v) is 4.03. The molecule has 2 nitrogen and oxygen atoms in total. The molecule has 0 bridgehead atoms. The monoisotopic (exact) mass is 249 g/mol. The van der Waals surface area contributed by atoms with E-state index in [1.165, 1.54) is 3.57 Å². The van der Waals surface area contributed by atoms with Gasteiger partial charge in [-0.25, -0.2) is 5.48 Å². The van der Waals surface area contributed by atoms with E-state index in [1.54, 1.807) is 0 Å². The van der Waals surface area contributed by atoms with Gasteiger partial charge in [-0.3, -0.25) is 0 Å². The van der Waals surface area contributed by atoms with Gasteiger partial charge in [0.2, 0.25) is 0 Å². The highest BCUT2D eigenvalue weighted by atomic mass is 127. The van der Waals surface area contributed by atoms with Crippen molar-refractivity contribution in [2.75, 3.05) is 0 Å². The highest BCUT2D eigenvalue weighted by Gasteiger charge is 1.94. The van der Waals surface area contributed by atoms with Crippen LogP contribution in [0.3, 0.4) is 0 Å². The van der Waals surface area contributed by atoms with Gasteiger partial charge in [0.1, 0.15) is 0 Å². The van der Waals surface area contributed by atoms with Crippen molar-refractivity contribution in [1.29, 1.82) is 0 Å². The highest BCUT2D eigenvalue weighted by molar-refractivity contribution is 14.1. The van der Waals surface area contributed by atoms with Gasteiger partial charge in [-0.15, -0.1) is 0 Å². The van der Waals surface area contributed by atoms with Crippen LogP contribution in [0.25, 0.3) is 0 Å². The Morgan fingerprint density at radius 2 is 2.10 bits per heavy atom. The molecule has 0 amide bonds. The van der Waals surface area contributed by atoms with E-state index in [4.69, 9.17) is 5.21 Å². The fourth-order valence-electron chi connectivity index (χ4n) is 0.727. The Balaban J connectivity index is 2.81. The molecule has 0 heterocycles. The summed E-state index contributed by atoms with van der Waals surface area (Å²) < 4.78 is 1.17. The van der Waals surface area contributed by atoms with Crippen LogP contribution in [0.1, 0.15) is 5.56 Å². The van der Waals surface area contributed by atoms with E-state index in [-0.39, 0.29) is 0 Å². The predicted molar refractivity (Wildman–Crippen MR) is 47.8 cm³/mol. The summed E-state index contributed by atoms with van der Waals surface area (Å²) in [5.41, 5.74) is 3.24. The van der Waals surface area contributed by atoms with Crippen molar-refractivity contribution in [2.45, 2.75) is 6.54 Å². The minimum Gasteiger partial charge on any atom is -0.316 e. The second kappa shape index (κ2) is 3.90. The standard InChI is InChI=1S/C7H8INO/c8-7-4-2-1-3-6(7)5-9-10/h1-4,9-10H,5H2. The van der Waals surface area contributed by atoms with Crippen LogP contribution in [0, 0.1) is 3.57 Å². The van der Waals surface area contributed by atoms with Gasteiger partial charge in [0, 0.05) is 10.1 Å². The van der Waals surface area contributed by atoms with E-state index in [2.05, 4.69) is 28.1 Å². The lowest BCUT2D eigenvalue weighted by atomic mass is 10.2. The van der Waals surface area contributed by atoms with Crippen LogP contribution in [0.5, 0.6) is 0 Å². The number of rotatable bonds is 2. The first kappa shape index (κ1) is 7.97. The third kappa shape index (κ3) is 1.93. The Hall–Kier alpha value is -0.130. The molecular weight excluding hydrogens is 241 g/mol. The van der Waals surface area contributed by atoms with Crippen LogP contribution in [0.2, 0.25) is 0 Å². The quantitative estimate of drug-likeness (QED) is 0.618. The molecule has 1 aromatic carbocycles. The van der Waals surface area contributed by atoms with Gasteiger partial charge in [0.15, 0.2) is 0 Å². The van der Waals surface area contributed by atoms with Gasteiger partial charge in [0.25, 0.3) is 0 Å². The summed E-state index contributed by atoms with van der Waals surface area (Å²) in [4.78, 5) is 0. The molecule has 1 rings (SSSR count). The summed E-state index contributed by atoms with van der Waals surface area (Å²) in [6.45, 7) is 0.513. The minimum atomic E-state index is 0.513. The molecule has 0 aliphatic heterocycles. The largest absolute Gasteiger partial charge is 0.316 e. The Morgan fingerprint density at radius 3 is 2.70 bits per heavy atom. The molecule has 0 aliphatic rings. The van der Waals surface area contributed by atoms with Crippen molar-refractivity contribution < 1.29 is 5.21 Å². The molecule has 3 heteroatoms. The minimum absolute atomic E-state index is 0.513. The molecule has 0 radical (unpaired) electrons. The lowest BCUT2D eigenvalue weighted by Crippen LogP contribution is -2.06. The van der Waals surface area contributed by atoms with Crippen LogP contribution in [-0.4, -0.2) is 5.21 Å². The second-order valence-corrected chi connectivity index (χ2v) is 3.09. The van der Waals surface area contributed by atoms with E-state index < -0.39 is 0 Å². The maximum absolute atomic E-state index is 8.39. The van der Waals surface area contributed by atoms with E-state index in [0.717, 1.165) is 5.56 Å². The van der Waals surface area contributed by atoms with Crippen LogP contribution < -0.4 is 5.48 Å².